The molecule has 1 unspecified atom stereocenters. The maximum absolute atomic E-state index is 11.9. The molecule has 1 fully saturated rings. The first-order valence-corrected chi connectivity index (χ1v) is 6.03. The zero-order chi connectivity index (χ0) is 13.0. The van der Waals surface area contributed by atoms with Crippen molar-refractivity contribution in [3.8, 4) is 5.75 Å². The van der Waals surface area contributed by atoms with Gasteiger partial charge in [0.15, 0.2) is 0 Å². The lowest BCUT2D eigenvalue weighted by Gasteiger charge is -2.20. The van der Waals surface area contributed by atoms with Crippen molar-refractivity contribution in [3.63, 3.8) is 0 Å². The summed E-state index contributed by atoms with van der Waals surface area (Å²) >= 11 is 0. The van der Waals surface area contributed by atoms with Gasteiger partial charge in [0.25, 0.3) is 0 Å². The second-order valence-electron chi connectivity index (χ2n) is 4.63. The fraction of sp³-hybridized carbons (Fsp3) is 0.462. The van der Waals surface area contributed by atoms with Crippen LogP contribution in [0, 0.1) is 0 Å². The van der Waals surface area contributed by atoms with Gasteiger partial charge in [0.1, 0.15) is 11.3 Å². The molecule has 1 aromatic rings. The highest BCUT2D eigenvalue weighted by atomic mass is 16.5. The van der Waals surface area contributed by atoms with Crippen LogP contribution in [0.3, 0.4) is 0 Å². The predicted octanol–water partition coefficient (Wildman–Crippen LogP) is 0.169. The third-order valence-corrected chi connectivity index (χ3v) is 3.14. The Morgan fingerprint density at radius 3 is 2.78 bits per heavy atom. The molecule has 5 nitrogen and oxygen atoms in total. The Labute approximate surface area is 106 Å². The Balaban J connectivity index is 1.78. The number of amides is 1. The number of aromatic hydroxyl groups is 1. The topological polar surface area (TPSA) is 84.6 Å². The van der Waals surface area contributed by atoms with E-state index < -0.39 is 5.54 Å². The summed E-state index contributed by atoms with van der Waals surface area (Å²) in [6.07, 6.45) is 1.28. The van der Waals surface area contributed by atoms with Crippen molar-refractivity contribution in [1.29, 1.82) is 0 Å². The molecular formula is C13H18N2O3. The lowest BCUT2D eigenvalue weighted by molar-refractivity contribution is -0.126. The summed E-state index contributed by atoms with van der Waals surface area (Å²) in [5.41, 5.74) is 6.12. The van der Waals surface area contributed by atoms with Gasteiger partial charge in [0.2, 0.25) is 5.91 Å². The summed E-state index contributed by atoms with van der Waals surface area (Å²) in [6, 6.07) is 6.93. The standard InChI is InChI=1S/C13H18N2O3/c14-13(6-8-18-9-13)12(17)15-7-5-10-1-3-11(16)4-2-10/h1-4,16H,5-9,14H2,(H,15,17). The van der Waals surface area contributed by atoms with Crippen LogP contribution in [0.4, 0.5) is 0 Å². The SMILES string of the molecule is NC1(C(=O)NCCc2ccc(O)cc2)CCOC1. The minimum Gasteiger partial charge on any atom is -0.508 e. The van der Waals surface area contributed by atoms with Crippen molar-refractivity contribution in [1.82, 2.24) is 5.32 Å². The molecule has 1 aliphatic rings. The maximum Gasteiger partial charge on any atom is 0.242 e. The molecule has 1 amide bonds. The van der Waals surface area contributed by atoms with E-state index in [0.717, 1.165) is 5.56 Å². The van der Waals surface area contributed by atoms with Gasteiger partial charge in [-0.25, -0.2) is 0 Å². The van der Waals surface area contributed by atoms with Crippen molar-refractivity contribution in [2.75, 3.05) is 19.8 Å². The summed E-state index contributed by atoms with van der Waals surface area (Å²) < 4.78 is 5.15. The van der Waals surface area contributed by atoms with Crippen LogP contribution in [-0.4, -0.2) is 36.3 Å². The van der Waals surface area contributed by atoms with E-state index in [1.807, 2.05) is 12.1 Å². The van der Waals surface area contributed by atoms with E-state index in [4.69, 9.17) is 15.6 Å². The molecule has 0 bridgehead atoms. The monoisotopic (exact) mass is 250 g/mol. The summed E-state index contributed by atoms with van der Waals surface area (Å²) in [7, 11) is 0. The van der Waals surface area contributed by atoms with E-state index in [-0.39, 0.29) is 18.3 Å². The van der Waals surface area contributed by atoms with Gasteiger partial charge < -0.3 is 20.9 Å². The molecule has 1 atom stereocenters. The molecule has 0 saturated carbocycles. The van der Waals surface area contributed by atoms with E-state index in [1.165, 1.54) is 0 Å². The number of phenolic OH excluding ortho intramolecular Hbond substituents is 1. The smallest absolute Gasteiger partial charge is 0.242 e. The number of carbonyl (C=O) groups excluding carboxylic acids is 1. The van der Waals surface area contributed by atoms with E-state index in [2.05, 4.69) is 5.32 Å². The van der Waals surface area contributed by atoms with Crippen LogP contribution in [0.1, 0.15) is 12.0 Å². The van der Waals surface area contributed by atoms with Crippen LogP contribution < -0.4 is 11.1 Å². The van der Waals surface area contributed by atoms with Crippen molar-refractivity contribution in [3.05, 3.63) is 29.8 Å². The largest absolute Gasteiger partial charge is 0.508 e. The van der Waals surface area contributed by atoms with E-state index in [0.29, 0.717) is 26.0 Å². The van der Waals surface area contributed by atoms with Gasteiger partial charge in [-0.05, 0) is 30.5 Å². The van der Waals surface area contributed by atoms with Gasteiger partial charge in [-0.15, -0.1) is 0 Å². The second-order valence-corrected chi connectivity index (χ2v) is 4.63. The van der Waals surface area contributed by atoms with Crippen LogP contribution >= 0.6 is 0 Å². The number of benzene rings is 1. The summed E-state index contributed by atoms with van der Waals surface area (Å²) in [5, 5.41) is 12.0. The number of carbonyl (C=O) groups is 1. The van der Waals surface area contributed by atoms with Gasteiger partial charge in [-0.3, -0.25) is 4.79 Å². The molecule has 98 valence electrons. The molecule has 4 N–H and O–H groups in total. The first-order chi connectivity index (χ1) is 8.60. The average molecular weight is 250 g/mol. The number of hydrogen-bond donors (Lipinski definition) is 3. The molecule has 1 aliphatic heterocycles. The molecule has 1 saturated heterocycles. The first kappa shape index (κ1) is 12.9. The van der Waals surface area contributed by atoms with Gasteiger partial charge in [-0.1, -0.05) is 12.1 Å². The molecule has 2 rings (SSSR count). The molecular weight excluding hydrogens is 232 g/mol. The molecule has 18 heavy (non-hydrogen) atoms. The summed E-state index contributed by atoms with van der Waals surface area (Å²) in [4.78, 5) is 11.9. The fourth-order valence-electron chi connectivity index (χ4n) is 1.92. The summed E-state index contributed by atoms with van der Waals surface area (Å²) in [6.45, 7) is 1.36. The Kier molecular flexibility index (Phi) is 3.84. The molecule has 5 heteroatoms. The number of ether oxygens (including phenoxy) is 1. The van der Waals surface area contributed by atoms with E-state index >= 15 is 0 Å². The van der Waals surface area contributed by atoms with E-state index in [1.54, 1.807) is 12.1 Å². The normalized spacial score (nSPS) is 22.9. The van der Waals surface area contributed by atoms with Gasteiger partial charge in [0, 0.05) is 13.2 Å². The number of nitrogens with one attached hydrogen (secondary N) is 1. The van der Waals surface area contributed by atoms with Crippen LogP contribution in [0.2, 0.25) is 0 Å². The van der Waals surface area contributed by atoms with Gasteiger partial charge >= 0.3 is 0 Å². The first-order valence-electron chi connectivity index (χ1n) is 6.03. The molecule has 0 aliphatic carbocycles. The molecule has 1 aromatic carbocycles. The van der Waals surface area contributed by atoms with Gasteiger partial charge in [0.05, 0.1) is 6.61 Å². The minimum absolute atomic E-state index is 0.154. The Hall–Kier alpha value is -1.59. The van der Waals surface area contributed by atoms with Crippen LogP contribution in [0.25, 0.3) is 0 Å². The zero-order valence-corrected chi connectivity index (χ0v) is 10.2. The number of nitrogens with two attached hydrogens (primary N) is 1. The molecule has 1 heterocycles. The lowest BCUT2D eigenvalue weighted by Crippen LogP contribution is -2.54. The van der Waals surface area contributed by atoms with Crippen LogP contribution in [-0.2, 0) is 16.0 Å². The van der Waals surface area contributed by atoms with Crippen LogP contribution in [0.5, 0.6) is 5.75 Å². The van der Waals surface area contributed by atoms with Crippen molar-refractivity contribution in [2.45, 2.75) is 18.4 Å². The van der Waals surface area contributed by atoms with Gasteiger partial charge in [-0.2, -0.15) is 0 Å². The van der Waals surface area contributed by atoms with Crippen molar-refractivity contribution < 1.29 is 14.6 Å². The predicted molar refractivity (Wildman–Crippen MR) is 67.2 cm³/mol. The highest BCUT2D eigenvalue weighted by molar-refractivity contribution is 5.86. The van der Waals surface area contributed by atoms with E-state index in [9.17, 15) is 4.79 Å². The van der Waals surface area contributed by atoms with Crippen molar-refractivity contribution >= 4 is 5.91 Å². The number of phenols is 1. The Morgan fingerprint density at radius 2 is 2.17 bits per heavy atom. The highest BCUT2D eigenvalue weighted by Crippen LogP contribution is 2.15. The molecule has 0 spiro atoms. The van der Waals surface area contributed by atoms with Crippen molar-refractivity contribution in [2.24, 2.45) is 5.73 Å². The fourth-order valence-corrected chi connectivity index (χ4v) is 1.92. The number of rotatable bonds is 4. The third kappa shape index (κ3) is 3.00. The summed E-state index contributed by atoms with van der Waals surface area (Å²) in [5.74, 6) is 0.0885. The average Bonchev–Trinajstić information content (AvgIpc) is 2.80. The lowest BCUT2D eigenvalue weighted by atomic mass is 9.99. The zero-order valence-electron chi connectivity index (χ0n) is 10.2. The minimum atomic E-state index is -0.866. The van der Waals surface area contributed by atoms with Crippen LogP contribution in [0.15, 0.2) is 24.3 Å². The second kappa shape index (κ2) is 5.37. The highest BCUT2D eigenvalue weighted by Gasteiger charge is 2.37. The molecule has 0 radical (unpaired) electrons. The maximum atomic E-state index is 11.9. The number of hydrogen-bond acceptors (Lipinski definition) is 4. The Bertz CT molecular complexity index is 411. The quantitative estimate of drug-likeness (QED) is 0.711. The molecule has 0 aromatic heterocycles. The Morgan fingerprint density at radius 1 is 1.44 bits per heavy atom. The third-order valence-electron chi connectivity index (χ3n) is 3.14.